The van der Waals surface area contributed by atoms with Crippen molar-refractivity contribution in [2.24, 2.45) is 0 Å². The molecule has 0 aliphatic heterocycles. The minimum atomic E-state index is -0.243. The Morgan fingerprint density at radius 3 is 2.90 bits per heavy atom. The van der Waals surface area contributed by atoms with Crippen LogP contribution in [0.5, 0.6) is 0 Å². The first-order chi connectivity index (χ1) is 9.65. The topological polar surface area (TPSA) is 70.7 Å². The van der Waals surface area contributed by atoms with Crippen LogP contribution in [0.2, 0.25) is 0 Å². The van der Waals surface area contributed by atoms with Gasteiger partial charge >= 0.3 is 0 Å². The Kier molecular flexibility index (Phi) is 3.23. The fraction of sp³-hybridized carbons (Fsp3) is 0.214. The highest BCUT2D eigenvalue weighted by Gasteiger charge is 2.15. The Morgan fingerprint density at radius 1 is 1.35 bits per heavy atom. The van der Waals surface area contributed by atoms with Gasteiger partial charge in [-0.2, -0.15) is 5.10 Å². The van der Waals surface area contributed by atoms with E-state index in [4.69, 9.17) is 0 Å². The summed E-state index contributed by atoms with van der Waals surface area (Å²) in [5.74, 6) is 0.107. The van der Waals surface area contributed by atoms with Gasteiger partial charge in [0.2, 0.25) is 0 Å². The Balaban J connectivity index is 1.85. The minimum Gasteiger partial charge on any atom is -0.296 e. The van der Waals surface area contributed by atoms with Crippen LogP contribution in [-0.4, -0.2) is 21.1 Å². The van der Waals surface area contributed by atoms with Crippen molar-refractivity contribution in [1.29, 1.82) is 0 Å². The molecule has 2 aromatic heterocycles. The average molecular weight is 286 g/mol. The number of thiazole rings is 1. The number of para-hydroxylation sites is 1. The first-order valence-electron chi connectivity index (χ1n) is 6.35. The summed E-state index contributed by atoms with van der Waals surface area (Å²) in [7, 11) is 0. The monoisotopic (exact) mass is 286 g/mol. The van der Waals surface area contributed by atoms with Crippen molar-refractivity contribution in [2.45, 2.75) is 19.8 Å². The van der Waals surface area contributed by atoms with E-state index < -0.39 is 0 Å². The molecule has 20 heavy (non-hydrogen) atoms. The van der Waals surface area contributed by atoms with Crippen LogP contribution in [0.3, 0.4) is 0 Å². The molecule has 0 atom stereocenters. The van der Waals surface area contributed by atoms with E-state index in [0.29, 0.717) is 16.7 Å². The lowest BCUT2D eigenvalue weighted by atomic mass is 10.2. The molecule has 0 radical (unpaired) electrons. The van der Waals surface area contributed by atoms with Gasteiger partial charge in [-0.1, -0.05) is 32.0 Å². The molecule has 0 aliphatic rings. The lowest BCUT2D eigenvalue weighted by Gasteiger charge is -2.00. The summed E-state index contributed by atoms with van der Waals surface area (Å²) in [6.07, 6.45) is 0. The number of aromatic nitrogens is 3. The van der Waals surface area contributed by atoms with Gasteiger partial charge in [-0.25, -0.2) is 4.98 Å². The van der Waals surface area contributed by atoms with Gasteiger partial charge in [0, 0.05) is 10.8 Å². The van der Waals surface area contributed by atoms with Gasteiger partial charge in [-0.3, -0.25) is 15.2 Å². The highest BCUT2D eigenvalue weighted by atomic mass is 32.1. The van der Waals surface area contributed by atoms with Gasteiger partial charge in [0.25, 0.3) is 5.91 Å². The normalized spacial score (nSPS) is 11.2. The van der Waals surface area contributed by atoms with Crippen LogP contribution >= 0.6 is 11.3 Å². The van der Waals surface area contributed by atoms with Crippen molar-refractivity contribution < 1.29 is 4.79 Å². The molecule has 0 fully saturated rings. The highest BCUT2D eigenvalue weighted by Crippen LogP contribution is 2.22. The number of hydrogen-bond donors (Lipinski definition) is 2. The van der Waals surface area contributed by atoms with Crippen LogP contribution in [0.15, 0.2) is 29.6 Å². The van der Waals surface area contributed by atoms with E-state index in [1.165, 1.54) is 11.3 Å². The molecular weight excluding hydrogens is 272 g/mol. The van der Waals surface area contributed by atoms with Crippen LogP contribution in [0.1, 0.15) is 35.9 Å². The van der Waals surface area contributed by atoms with Crippen LogP contribution < -0.4 is 5.32 Å². The second-order valence-electron chi connectivity index (χ2n) is 4.80. The third-order valence-corrected chi connectivity index (χ3v) is 3.80. The molecule has 3 aromatic rings. The van der Waals surface area contributed by atoms with Crippen molar-refractivity contribution in [3.05, 3.63) is 41.0 Å². The lowest BCUT2D eigenvalue weighted by Crippen LogP contribution is -2.12. The molecule has 0 saturated heterocycles. The maximum Gasteiger partial charge on any atom is 0.278 e. The number of nitrogens with zero attached hydrogens (tertiary/aromatic N) is 2. The SMILES string of the molecule is CC(C)c1csc(NC(=O)c2n[nH]c3ccccc23)n1. The Labute approximate surface area is 120 Å². The number of amides is 1. The van der Waals surface area contributed by atoms with E-state index in [0.717, 1.165) is 16.6 Å². The molecule has 0 aliphatic carbocycles. The average Bonchev–Trinajstić information content (AvgIpc) is 3.04. The first kappa shape index (κ1) is 12.8. The molecule has 102 valence electrons. The van der Waals surface area contributed by atoms with Crippen molar-refractivity contribution in [2.75, 3.05) is 5.32 Å². The number of nitrogens with one attached hydrogen (secondary N) is 2. The summed E-state index contributed by atoms with van der Waals surface area (Å²) < 4.78 is 0. The van der Waals surface area contributed by atoms with Crippen LogP contribution in [-0.2, 0) is 0 Å². The summed E-state index contributed by atoms with van der Waals surface area (Å²) >= 11 is 1.43. The molecule has 0 unspecified atom stereocenters. The number of anilines is 1. The fourth-order valence-corrected chi connectivity index (χ4v) is 2.77. The zero-order valence-corrected chi connectivity index (χ0v) is 12.0. The fourth-order valence-electron chi connectivity index (χ4n) is 1.90. The van der Waals surface area contributed by atoms with E-state index in [2.05, 4.69) is 34.3 Å². The third-order valence-electron chi connectivity index (χ3n) is 3.02. The molecule has 0 bridgehead atoms. The second-order valence-corrected chi connectivity index (χ2v) is 5.66. The predicted octanol–water partition coefficient (Wildman–Crippen LogP) is 3.40. The lowest BCUT2D eigenvalue weighted by molar-refractivity contribution is 0.102. The molecule has 6 heteroatoms. The van der Waals surface area contributed by atoms with E-state index in [1.54, 1.807) is 0 Å². The standard InChI is InChI=1S/C14H14N4OS/c1-8(2)11-7-20-14(15-11)16-13(19)12-9-5-3-4-6-10(9)17-18-12/h3-8H,1-2H3,(H,17,18)(H,15,16,19). The maximum atomic E-state index is 12.2. The van der Waals surface area contributed by atoms with Gasteiger partial charge in [0.15, 0.2) is 10.8 Å². The Hall–Kier alpha value is -2.21. The summed E-state index contributed by atoms with van der Waals surface area (Å²) in [5, 5.41) is 13.1. The Bertz CT molecular complexity index is 759. The number of H-pyrrole nitrogens is 1. The van der Waals surface area contributed by atoms with Crippen LogP contribution in [0.4, 0.5) is 5.13 Å². The minimum absolute atomic E-state index is 0.243. The highest BCUT2D eigenvalue weighted by molar-refractivity contribution is 7.14. The summed E-state index contributed by atoms with van der Waals surface area (Å²) in [4.78, 5) is 16.6. The van der Waals surface area contributed by atoms with Gasteiger partial charge in [-0.15, -0.1) is 11.3 Å². The largest absolute Gasteiger partial charge is 0.296 e. The van der Waals surface area contributed by atoms with Crippen LogP contribution in [0, 0.1) is 0 Å². The number of carbonyl (C=O) groups excluding carboxylic acids is 1. The molecule has 2 heterocycles. The molecule has 1 amide bonds. The summed E-state index contributed by atoms with van der Waals surface area (Å²) in [6.45, 7) is 4.14. The Morgan fingerprint density at radius 2 is 2.15 bits per heavy atom. The quantitative estimate of drug-likeness (QED) is 0.775. The molecule has 2 N–H and O–H groups in total. The molecule has 5 nitrogen and oxygen atoms in total. The number of hydrogen-bond acceptors (Lipinski definition) is 4. The number of benzene rings is 1. The smallest absolute Gasteiger partial charge is 0.278 e. The first-order valence-corrected chi connectivity index (χ1v) is 7.23. The molecule has 0 saturated carbocycles. The van der Waals surface area contributed by atoms with Crippen molar-refractivity contribution in [3.63, 3.8) is 0 Å². The van der Waals surface area contributed by atoms with Crippen molar-refractivity contribution >= 4 is 33.3 Å². The van der Waals surface area contributed by atoms with Gasteiger partial charge < -0.3 is 0 Å². The van der Waals surface area contributed by atoms with E-state index in [1.807, 2.05) is 29.6 Å². The zero-order chi connectivity index (χ0) is 14.1. The van der Waals surface area contributed by atoms with E-state index in [-0.39, 0.29) is 5.91 Å². The van der Waals surface area contributed by atoms with E-state index in [9.17, 15) is 4.79 Å². The number of aromatic amines is 1. The second kappa shape index (κ2) is 5.05. The zero-order valence-electron chi connectivity index (χ0n) is 11.2. The van der Waals surface area contributed by atoms with E-state index >= 15 is 0 Å². The molecular formula is C14H14N4OS. The van der Waals surface area contributed by atoms with Crippen LogP contribution in [0.25, 0.3) is 10.9 Å². The van der Waals surface area contributed by atoms with Gasteiger partial charge in [0.1, 0.15) is 0 Å². The number of rotatable bonds is 3. The summed E-state index contributed by atoms with van der Waals surface area (Å²) in [5.41, 5.74) is 2.22. The third kappa shape index (κ3) is 2.30. The van der Waals surface area contributed by atoms with Gasteiger partial charge in [-0.05, 0) is 12.0 Å². The van der Waals surface area contributed by atoms with Crippen molar-refractivity contribution in [1.82, 2.24) is 15.2 Å². The molecule has 0 spiro atoms. The predicted molar refractivity (Wildman–Crippen MR) is 80.2 cm³/mol. The molecule has 3 rings (SSSR count). The maximum absolute atomic E-state index is 12.2. The van der Waals surface area contributed by atoms with Gasteiger partial charge in [0.05, 0.1) is 11.2 Å². The number of fused-ring (bicyclic) bond motifs is 1. The van der Waals surface area contributed by atoms with Crippen molar-refractivity contribution in [3.8, 4) is 0 Å². The number of carbonyl (C=O) groups is 1. The summed E-state index contributed by atoms with van der Waals surface area (Å²) in [6, 6.07) is 7.54. The molecule has 1 aromatic carbocycles.